The molecule has 30 heavy (non-hydrogen) atoms. The van der Waals surface area contributed by atoms with E-state index >= 15 is 0 Å². The van der Waals surface area contributed by atoms with Crippen LogP contribution in [-0.4, -0.2) is 42.5 Å². The van der Waals surface area contributed by atoms with Gasteiger partial charge in [0.05, 0.1) is 27.0 Å². The number of hydrogen-bond acceptors (Lipinski definition) is 6. The average molecular weight is 430 g/mol. The van der Waals surface area contributed by atoms with Crippen LogP contribution in [0.1, 0.15) is 39.7 Å². The Kier molecular flexibility index (Phi) is 6.83. The summed E-state index contributed by atoms with van der Waals surface area (Å²) in [6.07, 6.45) is 2.60. The Morgan fingerprint density at radius 1 is 1.33 bits per heavy atom. The quantitative estimate of drug-likeness (QED) is 0.779. The minimum Gasteiger partial charge on any atom is -0.490 e. The fourth-order valence-corrected chi connectivity index (χ4v) is 4.30. The maximum absolute atomic E-state index is 11.8. The molecule has 3 heterocycles. The maximum atomic E-state index is 11.8. The molecule has 1 saturated heterocycles. The van der Waals surface area contributed by atoms with Crippen molar-refractivity contribution in [2.24, 2.45) is 5.92 Å². The van der Waals surface area contributed by atoms with E-state index in [4.69, 9.17) is 4.74 Å². The lowest BCUT2D eigenvalue weighted by atomic mass is 10.0. The molecule has 0 aliphatic carbocycles. The summed E-state index contributed by atoms with van der Waals surface area (Å²) in [5.41, 5.74) is 1.80. The molecular weight excluding hydrogens is 398 g/mol. The number of fused-ring (bicyclic) bond motifs is 1. The molecule has 0 spiro atoms. The number of benzene rings is 1. The standard InChI is InChI=1S/C17H20N2O2S.C6H11NO/c1-11(2)10-19-6-7-21-15-5-4-13(8-14(15)19)9-16-17(20)18-12(3)22-16;1-6(2)5(8)3-4-7-6/h4-5,8-9,11H,3,6-7,10H2,1-2H3,(H,18,20);7H,3-4H2,1-2H3/b16-9-;. The van der Waals surface area contributed by atoms with Gasteiger partial charge in [-0.3, -0.25) is 9.59 Å². The second kappa shape index (κ2) is 9.18. The topological polar surface area (TPSA) is 74.4 Å². The molecule has 0 bridgehead atoms. The third-order valence-electron chi connectivity index (χ3n) is 5.15. The first kappa shape index (κ1) is 22.3. The summed E-state index contributed by atoms with van der Waals surface area (Å²) in [7, 11) is 0. The van der Waals surface area contributed by atoms with E-state index in [2.05, 4.69) is 41.7 Å². The van der Waals surface area contributed by atoms with Crippen LogP contribution in [0.15, 0.2) is 23.0 Å². The third-order valence-corrected chi connectivity index (χ3v) is 6.02. The van der Waals surface area contributed by atoms with Crippen molar-refractivity contribution in [1.82, 2.24) is 10.3 Å². The predicted molar refractivity (Wildman–Crippen MR) is 124 cm³/mol. The molecule has 2 aromatic rings. The number of nitrogens with one attached hydrogen (secondary N) is 2. The van der Waals surface area contributed by atoms with Gasteiger partial charge in [-0.05, 0) is 43.5 Å². The molecule has 4 rings (SSSR count). The fraction of sp³-hybridized carbons (Fsp3) is 0.478. The number of hydrogen-bond donors (Lipinski definition) is 2. The number of ether oxygens (including phenoxy) is 1. The Balaban J connectivity index is 0.000000269. The molecule has 0 saturated carbocycles. The molecule has 2 aliphatic heterocycles. The van der Waals surface area contributed by atoms with Crippen molar-refractivity contribution in [2.75, 3.05) is 31.1 Å². The SMILES string of the molecule is C=c1[nH]c(=O)/c(=C/c2ccc3c(c2)N(CC(C)C)CCO3)s1.CC1(C)NCCC1=O. The van der Waals surface area contributed by atoms with Gasteiger partial charge >= 0.3 is 0 Å². The van der Waals surface area contributed by atoms with Crippen molar-refractivity contribution < 1.29 is 9.53 Å². The number of carbonyl (C=O) groups excluding carboxylic acids is 1. The van der Waals surface area contributed by atoms with Crippen LogP contribution in [0.2, 0.25) is 0 Å². The molecule has 2 N–H and O–H groups in total. The number of thiazole rings is 1. The van der Waals surface area contributed by atoms with Crippen LogP contribution in [0.5, 0.6) is 5.75 Å². The maximum Gasteiger partial charge on any atom is 0.266 e. The van der Waals surface area contributed by atoms with Crippen LogP contribution in [0, 0.1) is 5.92 Å². The summed E-state index contributed by atoms with van der Waals surface area (Å²) in [4.78, 5) is 27.7. The minimum absolute atomic E-state index is 0.0805. The normalized spacial score (nSPS) is 18.1. The van der Waals surface area contributed by atoms with Gasteiger partial charge in [-0.1, -0.05) is 26.5 Å². The highest BCUT2D eigenvalue weighted by Crippen LogP contribution is 2.33. The Bertz CT molecular complexity index is 1070. The van der Waals surface area contributed by atoms with Crippen LogP contribution in [0.4, 0.5) is 5.69 Å². The van der Waals surface area contributed by atoms with E-state index in [1.165, 1.54) is 11.3 Å². The van der Waals surface area contributed by atoms with Gasteiger partial charge in [-0.15, -0.1) is 11.3 Å². The van der Waals surface area contributed by atoms with Gasteiger partial charge in [0.2, 0.25) is 0 Å². The van der Waals surface area contributed by atoms with Gasteiger partial charge in [0, 0.05) is 19.5 Å². The van der Waals surface area contributed by atoms with E-state index < -0.39 is 0 Å². The first-order valence-corrected chi connectivity index (χ1v) is 11.2. The highest BCUT2D eigenvalue weighted by molar-refractivity contribution is 7.07. The van der Waals surface area contributed by atoms with Crippen molar-refractivity contribution in [3.8, 4) is 5.75 Å². The van der Waals surface area contributed by atoms with Gasteiger partial charge < -0.3 is 19.9 Å². The summed E-state index contributed by atoms with van der Waals surface area (Å²) >= 11 is 1.38. The Morgan fingerprint density at radius 2 is 2.10 bits per heavy atom. The van der Waals surface area contributed by atoms with Crippen LogP contribution in [0.25, 0.3) is 12.7 Å². The molecule has 0 unspecified atom stereocenters. The highest BCUT2D eigenvalue weighted by atomic mass is 32.1. The van der Waals surface area contributed by atoms with Crippen molar-refractivity contribution in [3.05, 3.63) is 43.3 Å². The number of Topliss-reactive ketones (excluding diaryl/α,β-unsaturated/α-hetero) is 1. The Hall–Kier alpha value is -2.38. The lowest BCUT2D eigenvalue weighted by molar-refractivity contribution is -0.121. The second-order valence-corrected chi connectivity index (χ2v) is 9.77. The summed E-state index contributed by atoms with van der Waals surface area (Å²) in [6.45, 7) is 15.5. The number of H-pyrrole nitrogens is 1. The van der Waals surface area contributed by atoms with Crippen molar-refractivity contribution >= 4 is 35.5 Å². The molecule has 0 amide bonds. The van der Waals surface area contributed by atoms with Gasteiger partial charge in [0.1, 0.15) is 12.4 Å². The van der Waals surface area contributed by atoms with E-state index in [1.807, 2.05) is 32.1 Å². The van der Waals surface area contributed by atoms with Gasteiger partial charge in [-0.25, -0.2) is 0 Å². The molecule has 7 heteroatoms. The van der Waals surface area contributed by atoms with Gasteiger partial charge in [0.15, 0.2) is 5.78 Å². The monoisotopic (exact) mass is 429 g/mol. The molecule has 6 nitrogen and oxygen atoms in total. The van der Waals surface area contributed by atoms with E-state index in [1.54, 1.807) is 0 Å². The fourth-order valence-electron chi connectivity index (χ4n) is 3.55. The molecule has 0 atom stereocenters. The molecule has 1 fully saturated rings. The Labute approximate surface area is 181 Å². The lowest BCUT2D eigenvalue weighted by Gasteiger charge is -2.32. The summed E-state index contributed by atoms with van der Waals surface area (Å²) < 4.78 is 7.09. The number of aromatic amines is 1. The number of aromatic nitrogens is 1. The van der Waals surface area contributed by atoms with Crippen molar-refractivity contribution in [3.63, 3.8) is 0 Å². The number of carbonyl (C=O) groups is 1. The largest absolute Gasteiger partial charge is 0.490 e. The molecule has 1 aromatic heterocycles. The predicted octanol–water partition coefficient (Wildman–Crippen LogP) is 1.86. The van der Waals surface area contributed by atoms with Crippen LogP contribution in [-0.2, 0) is 4.79 Å². The van der Waals surface area contributed by atoms with E-state index in [9.17, 15) is 9.59 Å². The third kappa shape index (κ3) is 5.40. The van der Waals surface area contributed by atoms with Crippen LogP contribution in [0.3, 0.4) is 0 Å². The van der Waals surface area contributed by atoms with E-state index in [-0.39, 0.29) is 11.1 Å². The first-order chi connectivity index (χ1) is 14.2. The van der Waals surface area contributed by atoms with Gasteiger partial charge in [0.25, 0.3) is 5.56 Å². The van der Waals surface area contributed by atoms with Crippen LogP contribution >= 0.6 is 11.3 Å². The van der Waals surface area contributed by atoms with Gasteiger partial charge in [-0.2, -0.15) is 0 Å². The first-order valence-electron chi connectivity index (χ1n) is 10.4. The average Bonchev–Trinajstić information content (AvgIpc) is 3.15. The number of rotatable bonds is 3. The number of anilines is 1. The smallest absolute Gasteiger partial charge is 0.266 e. The minimum atomic E-state index is -0.236. The zero-order valence-electron chi connectivity index (χ0n) is 18.2. The number of nitrogens with zero attached hydrogens (tertiary/aromatic N) is 1. The summed E-state index contributed by atoms with van der Waals surface area (Å²) in [5.74, 6) is 1.84. The molecule has 2 aliphatic rings. The van der Waals surface area contributed by atoms with Crippen molar-refractivity contribution in [1.29, 1.82) is 0 Å². The molecule has 0 radical (unpaired) electrons. The van der Waals surface area contributed by atoms with Crippen molar-refractivity contribution in [2.45, 2.75) is 39.7 Å². The lowest BCUT2D eigenvalue weighted by Crippen LogP contribution is -2.38. The molecule has 162 valence electrons. The van der Waals surface area contributed by atoms with E-state index in [0.29, 0.717) is 27.3 Å². The second-order valence-electron chi connectivity index (χ2n) is 8.63. The summed E-state index contributed by atoms with van der Waals surface area (Å²) in [5, 5.41) is 3.10. The number of ketones is 1. The molecule has 1 aromatic carbocycles. The summed E-state index contributed by atoms with van der Waals surface area (Å²) in [6, 6.07) is 6.07. The zero-order chi connectivity index (χ0) is 21.9. The van der Waals surface area contributed by atoms with Crippen LogP contribution < -0.4 is 29.7 Å². The molecular formula is C23H31N3O3S. The zero-order valence-corrected chi connectivity index (χ0v) is 19.0. The highest BCUT2D eigenvalue weighted by Gasteiger charge is 2.31. The Morgan fingerprint density at radius 3 is 2.63 bits per heavy atom. The van der Waals surface area contributed by atoms with E-state index in [0.717, 1.165) is 43.2 Å².